The third kappa shape index (κ3) is 2.70. The van der Waals surface area contributed by atoms with Gasteiger partial charge in [-0.05, 0) is 6.92 Å². The molecule has 0 spiro atoms. The van der Waals surface area contributed by atoms with E-state index in [1.807, 2.05) is 13.8 Å². The summed E-state index contributed by atoms with van der Waals surface area (Å²) in [6.07, 6.45) is -1.58. The lowest BCUT2D eigenvalue weighted by molar-refractivity contribution is -0.192. The fourth-order valence-corrected chi connectivity index (χ4v) is 1.05. The van der Waals surface area contributed by atoms with Crippen molar-refractivity contribution in [2.24, 2.45) is 0 Å². The van der Waals surface area contributed by atoms with Crippen LogP contribution in [0.15, 0.2) is 0 Å². The second-order valence-corrected chi connectivity index (χ2v) is 3.57. The van der Waals surface area contributed by atoms with E-state index in [0.29, 0.717) is 6.54 Å². The highest BCUT2D eigenvalue weighted by Gasteiger charge is 2.35. The van der Waals surface area contributed by atoms with E-state index in [4.69, 9.17) is 9.47 Å². The maximum atomic E-state index is 11.2. The summed E-state index contributed by atoms with van der Waals surface area (Å²) in [6, 6.07) is 0.237. The van der Waals surface area contributed by atoms with Gasteiger partial charge in [-0.15, -0.1) is 0 Å². The summed E-state index contributed by atoms with van der Waals surface area (Å²) in [5.74, 6) is -0.967. The van der Waals surface area contributed by atoms with Gasteiger partial charge in [0.25, 0.3) is 0 Å². The summed E-state index contributed by atoms with van der Waals surface area (Å²) >= 11 is 0. The Hall–Kier alpha value is -1.10. The molecule has 2 unspecified atom stereocenters. The molecular formula is C9H15NO4. The van der Waals surface area contributed by atoms with Gasteiger partial charge in [0, 0.05) is 12.6 Å². The number of carbonyl (C=O) groups is 2. The van der Waals surface area contributed by atoms with Crippen molar-refractivity contribution in [1.82, 2.24) is 5.32 Å². The van der Waals surface area contributed by atoms with Gasteiger partial charge in [-0.3, -0.25) is 0 Å². The summed E-state index contributed by atoms with van der Waals surface area (Å²) in [5.41, 5.74) is 0. The Kier molecular flexibility index (Phi) is 3.46. The zero-order valence-electron chi connectivity index (χ0n) is 8.57. The first-order valence-corrected chi connectivity index (χ1v) is 4.65. The Morgan fingerprint density at radius 2 is 1.93 bits per heavy atom. The quantitative estimate of drug-likeness (QED) is 0.643. The number of nitrogens with one attached hydrogen (secondary N) is 1. The molecule has 5 heteroatoms. The first-order valence-electron chi connectivity index (χ1n) is 4.65. The molecule has 14 heavy (non-hydrogen) atoms. The molecule has 0 aliphatic carbocycles. The van der Waals surface area contributed by atoms with Gasteiger partial charge in [0.2, 0.25) is 6.10 Å². The number of cyclic esters (lactones) is 2. The first-order chi connectivity index (χ1) is 6.50. The number of hydrogen-bond acceptors (Lipinski definition) is 5. The molecule has 0 aromatic heterocycles. The molecule has 2 atom stereocenters. The van der Waals surface area contributed by atoms with E-state index in [9.17, 15) is 9.59 Å². The number of esters is 2. The number of carbonyl (C=O) groups excluding carboxylic acids is 2. The Morgan fingerprint density at radius 1 is 1.29 bits per heavy atom. The normalized spacial score (nSPS) is 27.4. The van der Waals surface area contributed by atoms with Gasteiger partial charge in [0.1, 0.15) is 0 Å². The van der Waals surface area contributed by atoms with Crippen molar-refractivity contribution < 1.29 is 19.1 Å². The van der Waals surface area contributed by atoms with E-state index in [1.165, 1.54) is 6.92 Å². The van der Waals surface area contributed by atoms with Crippen LogP contribution in [0, 0.1) is 0 Å². The zero-order chi connectivity index (χ0) is 10.7. The maximum absolute atomic E-state index is 11.2. The van der Waals surface area contributed by atoms with Crippen molar-refractivity contribution in [3.63, 3.8) is 0 Å². The van der Waals surface area contributed by atoms with E-state index >= 15 is 0 Å². The van der Waals surface area contributed by atoms with Gasteiger partial charge in [-0.1, -0.05) is 13.8 Å². The van der Waals surface area contributed by atoms with Gasteiger partial charge in [-0.2, -0.15) is 0 Å². The molecule has 1 rings (SSSR count). The number of hydrogen-bond donors (Lipinski definition) is 1. The SMILES string of the molecule is CC(C)NCC1OC(=O)C(C)OC1=O. The van der Waals surface area contributed by atoms with Crippen LogP contribution in [0.25, 0.3) is 0 Å². The van der Waals surface area contributed by atoms with Gasteiger partial charge in [-0.25, -0.2) is 9.59 Å². The Balaban J connectivity index is 2.45. The van der Waals surface area contributed by atoms with Crippen LogP contribution in [0.5, 0.6) is 0 Å². The standard InChI is InChI=1S/C9H15NO4/c1-5(2)10-4-7-9(12)13-6(3)8(11)14-7/h5-7,10H,4H2,1-3H3. The highest BCUT2D eigenvalue weighted by molar-refractivity contribution is 5.87. The predicted octanol–water partition coefficient (Wildman–Crippen LogP) is -0.159. The van der Waals surface area contributed by atoms with Crippen LogP contribution in [-0.2, 0) is 19.1 Å². The Labute approximate surface area is 82.8 Å². The van der Waals surface area contributed by atoms with E-state index < -0.39 is 24.1 Å². The molecule has 80 valence electrons. The summed E-state index contributed by atoms with van der Waals surface area (Å²) in [5, 5.41) is 3.00. The second-order valence-electron chi connectivity index (χ2n) is 3.57. The highest BCUT2D eigenvalue weighted by atomic mass is 16.6. The minimum Gasteiger partial charge on any atom is -0.448 e. The lowest BCUT2D eigenvalue weighted by Gasteiger charge is -2.26. The molecule has 5 nitrogen and oxygen atoms in total. The predicted molar refractivity (Wildman–Crippen MR) is 48.6 cm³/mol. The van der Waals surface area contributed by atoms with Crippen LogP contribution in [-0.4, -0.2) is 36.7 Å². The van der Waals surface area contributed by atoms with Gasteiger partial charge < -0.3 is 14.8 Å². The third-order valence-corrected chi connectivity index (χ3v) is 1.86. The van der Waals surface area contributed by atoms with Crippen LogP contribution in [0.3, 0.4) is 0 Å². The van der Waals surface area contributed by atoms with Crippen LogP contribution >= 0.6 is 0 Å². The molecule has 1 aliphatic rings. The van der Waals surface area contributed by atoms with Gasteiger partial charge >= 0.3 is 11.9 Å². The van der Waals surface area contributed by atoms with Crippen LogP contribution in [0.1, 0.15) is 20.8 Å². The molecule has 0 aromatic carbocycles. The topological polar surface area (TPSA) is 64.6 Å². The minimum atomic E-state index is -0.805. The average molecular weight is 201 g/mol. The van der Waals surface area contributed by atoms with Crippen molar-refractivity contribution in [2.45, 2.75) is 39.0 Å². The molecule has 1 N–H and O–H groups in total. The average Bonchev–Trinajstić information content (AvgIpc) is 2.09. The fourth-order valence-electron chi connectivity index (χ4n) is 1.05. The number of ether oxygens (including phenoxy) is 2. The molecular weight excluding hydrogens is 186 g/mol. The van der Waals surface area contributed by atoms with Gasteiger partial charge in [0.05, 0.1) is 0 Å². The molecule has 1 fully saturated rings. The summed E-state index contributed by atoms with van der Waals surface area (Å²) in [7, 11) is 0. The molecule has 1 heterocycles. The molecule has 0 amide bonds. The summed E-state index contributed by atoms with van der Waals surface area (Å²) in [4.78, 5) is 22.3. The van der Waals surface area contributed by atoms with E-state index in [1.54, 1.807) is 0 Å². The lowest BCUT2D eigenvalue weighted by atomic mass is 10.2. The maximum Gasteiger partial charge on any atom is 0.349 e. The van der Waals surface area contributed by atoms with Crippen LogP contribution in [0.2, 0.25) is 0 Å². The number of rotatable bonds is 3. The van der Waals surface area contributed by atoms with E-state index in [0.717, 1.165) is 0 Å². The van der Waals surface area contributed by atoms with Gasteiger partial charge in [0.15, 0.2) is 6.10 Å². The molecule has 0 saturated carbocycles. The zero-order valence-corrected chi connectivity index (χ0v) is 8.57. The molecule has 1 saturated heterocycles. The largest absolute Gasteiger partial charge is 0.448 e. The van der Waals surface area contributed by atoms with Crippen molar-refractivity contribution in [1.29, 1.82) is 0 Å². The van der Waals surface area contributed by atoms with Crippen molar-refractivity contribution in [3.8, 4) is 0 Å². The molecule has 1 aliphatic heterocycles. The Morgan fingerprint density at radius 3 is 2.50 bits per heavy atom. The lowest BCUT2D eigenvalue weighted by Crippen LogP contribution is -2.48. The van der Waals surface area contributed by atoms with E-state index in [2.05, 4.69) is 5.32 Å². The van der Waals surface area contributed by atoms with Crippen LogP contribution in [0.4, 0.5) is 0 Å². The smallest absolute Gasteiger partial charge is 0.349 e. The molecule has 0 bridgehead atoms. The Bertz CT molecular complexity index is 239. The summed E-state index contributed by atoms with van der Waals surface area (Å²) in [6.45, 7) is 5.68. The monoisotopic (exact) mass is 201 g/mol. The molecule has 0 radical (unpaired) electrons. The minimum absolute atomic E-state index is 0.237. The van der Waals surface area contributed by atoms with Crippen molar-refractivity contribution in [2.75, 3.05) is 6.54 Å². The highest BCUT2D eigenvalue weighted by Crippen LogP contribution is 2.09. The first kappa shape index (κ1) is 11.0. The van der Waals surface area contributed by atoms with Crippen LogP contribution < -0.4 is 5.32 Å². The second kappa shape index (κ2) is 4.41. The van der Waals surface area contributed by atoms with Crippen molar-refractivity contribution >= 4 is 11.9 Å². The molecule has 0 aromatic rings. The summed E-state index contributed by atoms with van der Waals surface area (Å²) < 4.78 is 9.68. The van der Waals surface area contributed by atoms with E-state index in [-0.39, 0.29) is 6.04 Å². The third-order valence-electron chi connectivity index (χ3n) is 1.86. The fraction of sp³-hybridized carbons (Fsp3) is 0.778. The van der Waals surface area contributed by atoms with Crippen molar-refractivity contribution in [3.05, 3.63) is 0 Å².